The Morgan fingerprint density at radius 2 is 1.44 bits per heavy atom. The highest BCUT2D eigenvalue weighted by molar-refractivity contribution is 5.89. The van der Waals surface area contributed by atoms with Gasteiger partial charge < -0.3 is 19.7 Å². The van der Waals surface area contributed by atoms with Gasteiger partial charge in [0.15, 0.2) is 0 Å². The van der Waals surface area contributed by atoms with Crippen molar-refractivity contribution in [2.24, 2.45) is 0 Å². The first-order valence-electron chi connectivity index (χ1n) is 5.27. The quantitative estimate of drug-likeness (QED) is 0.387. The van der Waals surface area contributed by atoms with Crippen LogP contribution in [0.1, 0.15) is 20.3 Å². The van der Waals surface area contributed by atoms with Crippen LogP contribution in [-0.4, -0.2) is 41.2 Å². The Kier molecular flexibility index (Phi) is 6.29. The summed E-state index contributed by atoms with van der Waals surface area (Å²) < 4.78 is 9.75. The molecule has 0 aliphatic rings. The summed E-state index contributed by atoms with van der Waals surface area (Å²) in [7, 11) is 0. The third-order valence-electron chi connectivity index (χ3n) is 1.99. The van der Waals surface area contributed by atoms with Crippen LogP contribution in [0.5, 0.6) is 0 Å². The summed E-state index contributed by atoms with van der Waals surface area (Å²) in [5.74, 6) is -3.57. The zero-order chi connectivity index (χ0) is 14.3. The molecule has 0 aromatic rings. The van der Waals surface area contributed by atoms with Gasteiger partial charge in [0, 0.05) is 11.1 Å². The van der Waals surface area contributed by atoms with Gasteiger partial charge in [-0.25, -0.2) is 9.59 Å². The number of esters is 2. The van der Waals surface area contributed by atoms with Crippen molar-refractivity contribution in [3.63, 3.8) is 0 Å². The number of carbonyl (C=O) groups excluding carboxylic acids is 2. The molecule has 0 aliphatic heterocycles. The second-order valence-electron chi connectivity index (χ2n) is 3.88. The Bertz CT molecular complexity index is 330. The Morgan fingerprint density at radius 1 is 1.06 bits per heavy atom. The van der Waals surface area contributed by atoms with Crippen LogP contribution in [0, 0.1) is 0 Å². The lowest BCUT2D eigenvalue weighted by atomic mass is 10.2. The lowest BCUT2D eigenvalue weighted by molar-refractivity contribution is -0.240. The predicted molar refractivity (Wildman–Crippen MR) is 63.3 cm³/mol. The van der Waals surface area contributed by atoms with E-state index in [1.165, 1.54) is 13.8 Å². The van der Waals surface area contributed by atoms with Crippen LogP contribution in [0.25, 0.3) is 0 Å². The zero-order valence-corrected chi connectivity index (χ0v) is 10.6. The van der Waals surface area contributed by atoms with Crippen molar-refractivity contribution in [3.8, 4) is 0 Å². The molecule has 0 saturated heterocycles. The fourth-order valence-corrected chi connectivity index (χ4v) is 0.949. The average Bonchev–Trinajstić information content (AvgIpc) is 2.28. The molecule has 6 nitrogen and oxygen atoms in total. The highest BCUT2D eigenvalue weighted by Gasteiger charge is 2.38. The van der Waals surface area contributed by atoms with Gasteiger partial charge in [0.25, 0.3) is 5.79 Å². The van der Waals surface area contributed by atoms with Gasteiger partial charge in [-0.05, 0) is 13.8 Å². The van der Waals surface area contributed by atoms with E-state index in [0.717, 1.165) is 0 Å². The fraction of sp³-hybridized carbons (Fsp3) is 0.500. The third kappa shape index (κ3) is 4.68. The Labute approximate surface area is 106 Å². The molecule has 0 heterocycles. The second kappa shape index (κ2) is 6.93. The number of rotatable bonds is 7. The molecule has 0 bridgehead atoms. The summed E-state index contributed by atoms with van der Waals surface area (Å²) in [6.45, 7) is 8.35. The third-order valence-corrected chi connectivity index (χ3v) is 1.99. The van der Waals surface area contributed by atoms with Crippen molar-refractivity contribution in [1.82, 2.24) is 0 Å². The van der Waals surface area contributed by atoms with Crippen LogP contribution in [0.15, 0.2) is 24.3 Å². The molecule has 0 fully saturated rings. The first kappa shape index (κ1) is 16.3. The minimum Gasteiger partial charge on any atom is -0.416 e. The standard InChI is InChI=1S/C12H18O6/c1-8(2)10(15)17-12(7-14,5-6-13)18-11(16)9(3)4/h13-14H,1,3,5-7H2,2,4H3. The Hall–Kier alpha value is -1.66. The summed E-state index contributed by atoms with van der Waals surface area (Å²) in [6, 6.07) is 0. The molecule has 6 heteroatoms. The maximum absolute atomic E-state index is 11.4. The minimum absolute atomic E-state index is 0.0807. The summed E-state index contributed by atoms with van der Waals surface area (Å²) in [6.07, 6.45) is -0.248. The van der Waals surface area contributed by atoms with Gasteiger partial charge in [-0.3, -0.25) is 0 Å². The molecule has 0 aromatic carbocycles. The number of aliphatic hydroxyl groups is 2. The van der Waals surface area contributed by atoms with E-state index in [2.05, 4.69) is 13.2 Å². The minimum atomic E-state index is -1.92. The fourth-order valence-electron chi connectivity index (χ4n) is 0.949. The smallest absolute Gasteiger partial charge is 0.336 e. The molecule has 18 heavy (non-hydrogen) atoms. The van der Waals surface area contributed by atoms with Crippen molar-refractivity contribution in [1.29, 1.82) is 0 Å². The lowest BCUT2D eigenvalue weighted by Crippen LogP contribution is -2.44. The maximum atomic E-state index is 11.4. The predicted octanol–water partition coefficient (Wildman–Crippen LogP) is 0.296. The van der Waals surface area contributed by atoms with Gasteiger partial charge in [-0.15, -0.1) is 0 Å². The van der Waals surface area contributed by atoms with Gasteiger partial charge >= 0.3 is 11.9 Å². The van der Waals surface area contributed by atoms with Gasteiger partial charge in [0.2, 0.25) is 0 Å². The molecule has 2 N–H and O–H groups in total. The highest BCUT2D eigenvalue weighted by Crippen LogP contribution is 2.20. The van der Waals surface area contributed by atoms with E-state index in [1.54, 1.807) is 0 Å². The monoisotopic (exact) mass is 258 g/mol. The average molecular weight is 258 g/mol. The summed E-state index contributed by atoms with van der Waals surface area (Å²) in [5.41, 5.74) is 0.161. The summed E-state index contributed by atoms with van der Waals surface area (Å²) in [4.78, 5) is 22.8. The summed E-state index contributed by atoms with van der Waals surface area (Å²) in [5, 5.41) is 18.1. The molecule has 0 unspecified atom stereocenters. The Balaban J connectivity index is 5.02. The van der Waals surface area contributed by atoms with Crippen molar-refractivity contribution in [2.45, 2.75) is 26.1 Å². The second-order valence-corrected chi connectivity index (χ2v) is 3.88. The maximum Gasteiger partial charge on any atom is 0.336 e. The normalized spacial score (nSPS) is 10.7. The van der Waals surface area contributed by atoms with E-state index in [4.69, 9.17) is 14.6 Å². The zero-order valence-electron chi connectivity index (χ0n) is 10.6. The SMILES string of the molecule is C=C(C)C(=O)OC(CO)(CCO)OC(=O)C(=C)C. The van der Waals surface area contributed by atoms with Crippen LogP contribution in [0.2, 0.25) is 0 Å². The largest absolute Gasteiger partial charge is 0.416 e. The molecular weight excluding hydrogens is 240 g/mol. The van der Waals surface area contributed by atoms with Crippen molar-refractivity contribution < 1.29 is 29.3 Å². The number of hydrogen-bond acceptors (Lipinski definition) is 6. The molecule has 102 valence electrons. The molecule has 0 atom stereocenters. The van der Waals surface area contributed by atoms with Gasteiger partial charge in [-0.2, -0.15) is 0 Å². The molecule has 0 rings (SSSR count). The first-order chi connectivity index (χ1) is 8.28. The van der Waals surface area contributed by atoms with Gasteiger partial charge in [0.05, 0.1) is 13.0 Å². The van der Waals surface area contributed by atoms with Crippen molar-refractivity contribution >= 4 is 11.9 Å². The lowest BCUT2D eigenvalue weighted by Gasteiger charge is -2.30. The van der Waals surface area contributed by atoms with Crippen LogP contribution < -0.4 is 0 Å². The van der Waals surface area contributed by atoms with E-state index in [1.807, 2.05) is 0 Å². The number of ether oxygens (including phenoxy) is 2. The van der Waals surface area contributed by atoms with E-state index < -0.39 is 30.9 Å². The van der Waals surface area contributed by atoms with Crippen LogP contribution in [-0.2, 0) is 19.1 Å². The molecule has 0 aromatic heterocycles. The van der Waals surface area contributed by atoms with Crippen molar-refractivity contribution in [2.75, 3.05) is 13.2 Å². The van der Waals surface area contributed by atoms with E-state index in [-0.39, 0.29) is 17.6 Å². The Morgan fingerprint density at radius 3 is 1.67 bits per heavy atom. The molecule has 0 radical (unpaired) electrons. The number of hydrogen-bond donors (Lipinski definition) is 2. The van der Waals surface area contributed by atoms with Crippen LogP contribution in [0.3, 0.4) is 0 Å². The highest BCUT2D eigenvalue weighted by atomic mass is 16.7. The number of carbonyl (C=O) groups is 2. The van der Waals surface area contributed by atoms with Gasteiger partial charge in [-0.1, -0.05) is 13.2 Å². The number of aliphatic hydroxyl groups excluding tert-OH is 2. The molecular formula is C12H18O6. The van der Waals surface area contributed by atoms with Crippen LogP contribution in [0.4, 0.5) is 0 Å². The van der Waals surface area contributed by atoms with E-state index in [9.17, 15) is 14.7 Å². The van der Waals surface area contributed by atoms with Crippen LogP contribution >= 0.6 is 0 Å². The molecule has 0 amide bonds. The van der Waals surface area contributed by atoms with Crippen molar-refractivity contribution in [3.05, 3.63) is 24.3 Å². The molecule has 0 spiro atoms. The van der Waals surface area contributed by atoms with E-state index >= 15 is 0 Å². The summed E-state index contributed by atoms with van der Waals surface area (Å²) >= 11 is 0. The topological polar surface area (TPSA) is 93.1 Å². The van der Waals surface area contributed by atoms with E-state index in [0.29, 0.717) is 0 Å². The molecule has 0 aliphatic carbocycles. The molecule has 0 saturated carbocycles. The van der Waals surface area contributed by atoms with Gasteiger partial charge in [0.1, 0.15) is 6.61 Å². The first-order valence-corrected chi connectivity index (χ1v) is 5.27.